The number of nitrogens with one attached hydrogen (secondary N) is 1. The second-order valence-corrected chi connectivity index (χ2v) is 5.69. The van der Waals surface area contributed by atoms with E-state index in [4.69, 9.17) is 4.74 Å². The number of hydrogen-bond acceptors (Lipinski definition) is 3. The number of anilines is 1. The maximum absolute atomic E-state index is 13.5. The molecule has 0 amide bonds. The molecule has 2 aromatic carbocycles. The van der Waals surface area contributed by atoms with Gasteiger partial charge in [-0.15, -0.1) is 0 Å². The van der Waals surface area contributed by atoms with Crippen LogP contribution in [0.25, 0.3) is 0 Å². The molecule has 0 spiro atoms. The van der Waals surface area contributed by atoms with Crippen LogP contribution in [0, 0.1) is 11.7 Å². The third-order valence-electron chi connectivity index (χ3n) is 4.43. The summed E-state index contributed by atoms with van der Waals surface area (Å²) in [6.45, 7) is 0.683. The van der Waals surface area contributed by atoms with Gasteiger partial charge in [-0.05, 0) is 42.3 Å². The first-order chi connectivity index (χ1) is 10.2. The van der Waals surface area contributed by atoms with Gasteiger partial charge in [-0.1, -0.05) is 12.1 Å². The summed E-state index contributed by atoms with van der Waals surface area (Å²) in [5.74, 6) is 0.274. The lowest BCUT2D eigenvalue weighted by atomic mass is 9.81. The van der Waals surface area contributed by atoms with Gasteiger partial charge in [0.15, 0.2) is 0 Å². The number of fused-ring (bicyclic) bond motifs is 3. The Hall–Kier alpha value is -2.07. The molecule has 2 aromatic rings. The summed E-state index contributed by atoms with van der Waals surface area (Å²) in [5.41, 5.74) is 2.84. The predicted octanol–water partition coefficient (Wildman–Crippen LogP) is 3.78. The SMILES string of the molecule is Oc1cccc([C@H]2Nc3ccc(F)cc3[C@H]3OCC[C@@H]23)c1. The van der Waals surface area contributed by atoms with Crippen molar-refractivity contribution < 1.29 is 14.2 Å². The highest BCUT2D eigenvalue weighted by molar-refractivity contribution is 5.57. The van der Waals surface area contributed by atoms with Gasteiger partial charge in [0, 0.05) is 23.8 Å². The lowest BCUT2D eigenvalue weighted by Gasteiger charge is -2.36. The molecule has 4 heteroatoms. The van der Waals surface area contributed by atoms with Crippen molar-refractivity contribution in [1.82, 2.24) is 0 Å². The Morgan fingerprint density at radius 3 is 2.95 bits per heavy atom. The first kappa shape index (κ1) is 12.7. The van der Waals surface area contributed by atoms with E-state index in [1.165, 1.54) is 6.07 Å². The van der Waals surface area contributed by atoms with Crippen LogP contribution in [0.3, 0.4) is 0 Å². The van der Waals surface area contributed by atoms with E-state index in [1.807, 2.05) is 12.1 Å². The van der Waals surface area contributed by atoms with Crippen LogP contribution in [0.15, 0.2) is 42.5 Å². The van der Waals surface area contributed by atoms with Gasteiger partial charge in [0.2, 0.25) is 0 Å². The molecule has 0 unspecified atom stereocenters. The van der Waals surface area contributed by atoms with Gasteiger partial charge in [-0.2, -0.15) is 0 Å². The van der Waals surface area contributed by atoms with Gasteiger partial charge in [-0.3, -0.25) is 0 Å². The van der Waals surface area contributed by atoms with Crippen molar-refractivity contribution in [2.24, 2.45) is 5.92 Å². The molecule has 2 aliphatic rings. The molecule has 0 aromatic heterocycles. The minimum Gasteiger partial charge on any atom is -0.508 e. The number of benzene rings is 2. The van der Waals surface area contributed by atoms with E-state index in [-0.39, 0.29) is 29.6 Å². The van der Waals surface area contributed by atoms with Crippen molar-refractivity contribution in [2.75, 3.05) is 11.9 Å². The van der Waals surface area contributed by atoms with Gasteiger partial charge >= 0.3 is 0 Å². The van der Waals surface area contributed by atoms with E-state index in [2.05, 4.69) is 5.32 Å². The molecule has 2 aliphatic heterocycles. The molecule has 108 valence electrons. The largest absolute Gasteiger partial charge is 0.508 e. The number of rotatable bonds is 1. The highest BCUT2D eigenvalue weighted by Gasteiger charge is 2.41. The van der Waals surface area contributed by atoms with E-state index in [9.17, 15) is 9.50 Å². The molecule has 3 nitrogen and oxygen atoms in total. The summed E-state index contributed by atoms with van der Waals surface area (Å²) in [6, 6.07) is 12.1. The van der Waals surface area contributed by atoms with Gasteiger partial charge < -0.3 is 15.2 Å². The summed E-state index contributed by atoms with van der Waals surface area (Å²) in [6.07, 6.45) is 0.845. The minimum absolute atomic E-state index is 0.0718. The fraction of sp³-hybridized carbons (Fsp3) is 0.294. The Morgan fingerprint density at radius 2 is 2.10 bits per heavy atom. The highest BCUT2D eigenvalue weighted by Crippen LogP contribution is 2.50. The lowest BCUT2D eigenvalue weighted by Crippen LogP contribution is -2.29. The van der Waals surface area contributed by atoms with Crippen LogP contribution in [-0.2, 0) is 4.74 Å². The third kappa shape index (κ3) is 2.07. The van der Waals surface area contributed by atoms with Crippen molar-refractivity contribution in [1.29, 1.82) is 0 Å². The Kier molecular flexibility index (Phi) is 2.86. The topological polar surface area (TPSA) is 41.5 Å². The van der Waals surface area contributed by atoms with Crippen molar-refractivity contribution in [2.45, 2.75) is 18.6 Å². The quantitative estimate of drug-likeness (QED) is 0.838. The summed E-state index contributed by atoms with van der Waals surface area (Å²) in [5, 5.41) is 13.2. The molecule has 1 fully saturated rings. The normalized spacial score (nSPS) is 26.8. The van der Waals surface area contributed by atoms with Gasteiger partial charge in [0.25, 0.3) is 0 Å². The number of halogens is 1. The van der Waals surface area contributed by atoms with Crippen LogP contribution >= 0.6 is 0 Å². The number of phenolic OH excluding ortho intramolecular Hbond substituents is 1. The Bertz CT molecular complexity index is 688. The predicted molar refractivity (Wildman–Crippen MR) is 77.7 cm³/mol. The Labute approximate surface area is 122 Å². The fourth-order valence-corrected chi connectivity index (χ4v) is 3.49. The summed E-state index contributed by atoms with van der Waals surface area (Å²) < 4.78 is 19.4. The molecule has 4 rings (SSSR count). The highest BCUT2D eigenvalue weighted by atomic mass is 19.1. The van der Waals surface area contributed by atoms with E-state index in [1.54, 1.807) is 24.3 Å². The lowest BCUT2D eigenvalue weighted by molar-refractivity contribution is 0.0826. The zero-order valence-corrected chi connectivity index (χ0v) is 11.4. The van der Waals surface area contributed by atoms with E-state index in [0.29, 0.717) is 6.61 Å². The molecule has 0 radical (unpaired) electrons. The smallest absolute Gasteiger partial charge is 0.123 e. The molecular formula is C17H16FNO2. The minimum atomic E-state index is -0.236. The molecule has 2 N–H and O–H groups in total. The van der Waals surface area contributed by atoms with Gasteiger partial charge in [0.05, 0.1) is 12.1 Å². The van der Waals surface area contributed by atoms with Gasteiger partial charge in [-0.25, -0.2) is 4.39 Å². The van der Waals surface area contributed by atoms with Crippen molar-refractivity contribution in [3.63, 3.8) is 0 Å². The van der Waals surface area contributed by atoms with E-state index < -0.39 is 0 Å². The summed E-state index contributed by atoms with van der Waals surface area (Å²) in [4.78, 5) is 0. The van der Waals surface area contributed by atoms with E-state index in [0.717, 1.165) is 23.2 Å². The second kappa shape index (κ2) is 4.74. The van der Waals surface area contributed by atoms with Crippen molar-refractivity contribution >= 4 is 5.69 Å². The number of hydrogen-bond donors (Lipinski definition) is 2. The molecule has 0 aliphatic carbocycles. The zero-order valence-electron chi connectivity index (χ0n) is 11.4. The van der Waals surface area contributed by atoms with Crippen LogP contribution in [-0.4, -0.2) is 11.7 Å². The Morgan fingerprint density at radius 1 is 1.19 bits per heavy atom. The second-order valence-electron chi connectivity index (χ2n) is 5.69. The number of ether oxygens (including phenoxy) is 1. The average molecular weight is 285 g/mol. The number of aromatic hydroxyl groups is 1. The van der Waals surface area contributed by atoms with Gasteiger partial charge in [0.1, 0.15) is 11.6 Å². The van der Waals surface area contributed by atoms with Crippen molar-refractivity contribution in [3.8, 4) is 5.75 Å². The molecular weight excluding hydrogens is 269 g/mol. The average Bonchev–Trinajstić information content (AvgIpc) is 2.96. The zero-order chi connectivity index (χ0) is 14.4. The summed E-state index contributed by atoms with van der Waals surface area (Å²) in [7, 11) is 0. The summed E-state index contributed by atoms with van der Waals surface area (Å²) >= 11 is 0. The maximum atomic E-state index is 13.5. The fourth-order valence-electron chi connectivity index (χ4n) is 3.49. The third-order valence-corrected chi connectivity index (χ3v) is 4.43. The standard InChI is InChI=1S/C17H16FNO2/c18-11-4-5-15-14(9-11)17-13(6-7-21-17)16(19-15)10-2-1-3-12(20)8-10/h1-5,8-9,13,16-17,19-20H,6-7H2/t13-,16+,17-/m0/s1. The molecule has 21 heavy (non-hydrogen) atoms. The maximum Gasteiger partial charge on any atom is 0.123 e. The van der Waals surface area contributed by atoms with Crippen molar-refractivity contribution in [3.05, 3.63) is 59.4 Å². The molecule has 0 bridgehead atoms. The van der Waals surface area contributed by atoms with Crippen LogP contribution < -0.4 is 5.32 Å². The van der Waals surface area contributed by atoms with Crippen LogP contribution in [0.4, 0.5) is 10.1 Å². The monoisotopic (exact) mass is 285 g/mol. The number of phenols is 1. The molecule has 3 atom stereocenters. The molecule has 2 heterocycles. The van der Waals surface area contributed by atoms with E-state index >= 15 is 0 Å². The Balaban J connectivity index is 1.79. The van der Waals surface area contributed by atoms with Crippen LogP contribution in [0.2, 0.25) is 0 Å². The van der Waals surface area contributed by atoms with Crippen LogP contribution in [0.5, 0.6) is 5.75 Å². The molecule has 1 saturated heterocycles. The molecule has 0 saturated carbocycles. The first-order valence-corrected chi connectivity index (χ1v) is 7.19. The first-order valence-electron chi connectivity index (χ1n) is 7.19. The van der Waals surface area contributed by atoms with Crippen LogP contribution in [0.1, 0.15) is 29.7 Å².